The van der Waals surface area contributed by atoms with Crippen molar-refractivity contribution >= 4 is 10.0 Å². The molecule has 1 unspecified atom stereocenters. The summed E-state index contributed by atoms with van der Waals surface area (Å²) in [5.41, 5.74) is 6.66. The second kappa shape index (κ2) is 6.14. The molecule has 0 aliphatic heterocycles. The van der Waals surface area contributed by atoms with Gasteiger partial charge in [-0.05, 0) is 37.5 Å². The lowest BCUT2D eigenvalue weighted by Crippen LogP contribution is -2.30. The summed E-state index contributed by atoms with van der Waals surface area (Å²) in [5.74, 6) is 0. The summed E-state index contributed by atoms with van der Waals surface area (Å²) in [6.07, 6.45) is 1.51. The number of nitrogens with two attached hydrogens (primary N) is 1. The Hall–Kier alpha value is -0.910. The summed E-state index contributed by atoms with van der Waals surface area (Å²) >= 11 is 0. The topological polar surface area (TPSA) is 72.2 Å². The Bertz CT molecular complexity index is 457. The molecule has 0 fully saturated rings. The van der Waals surface area contributed by atoms with Crippen molar-refractivity contribution in [3.8, 4) is 0 Å². The van der Waals surface area contributed by atoms with Gasteiger partial charge in [0.15, 0.2) is 0 Å². The first-order valence-corrected chi connectivity index (χ1v) is 7.26. The van der Waals surface area contributed by atoms with Crippen LogP contribution in [0.15, 0.2) is 29.2 Å². The van der Waals surface area contributed by atoms with Gasteiger partial charge in [0.05, 0.1) is 4.90 Å². The van der Waals surface area contributed by atoms with E-state index in [-0.39, 0.29) is 6.04 Å². The number of hydrogen-bond acceptors (Lipinski definition) is 3. The Morgan fingerprint density at radius 3 is 2.71 bits per heavy atom. The zero-order chi connectivity index (χ0) is 12.9. The van der Waals surface area contributed by atoms with Crippen molar-refractivity contribution in [2.45, 2.75) is 37.6 Å². The van der Waals surface area contributed by atoms with E-state index in [0.717, 1.165) is 12.0 Å². The van der Waals surface area contributed by atoms with Crippen molar-refractivity contribution in [3.05, 3.63) is 29.8 Å². The normalized spacial score (nSPS) is 13.6. The van der Waals surface area contributed by atoms with Crippen LogP contribution < -0.4 is 10.5 Å². The Balaban J connectivity index is 2.63. The fraction of sp³-hybridized carbons (Fsp3) is 0.500. The van der Waals surface area contributed by atoms with Gasteiger partial charge < -0.3 is 5.73 Å². The quantitative estimate of drug-likeness (QED) is 0.808. The highest BCUT2D eigenvalue weighted by Crippen LogP contribution is 2.10. The van der Waals surface area contributed by atoms with Crippen molar-refractivity contribution < 1.29 is 8.42 Å². The van der Waals surface area contributed by atoms with Crippen molar-refractivity contribution in [1.82, 2.24) is 4.72 Å². The van der Waals surface area contributed by atoms with E-state index >= 15 is 0 Å². The predicted molar refractivity (Wildman–Crippen MR) is 69.3 cm³/mol. The van der Waals surface area contributed by atoms with Gasteiger partial charge in [0.25, 0.3) is 0 Å². The molecular weight excluding hydrogens is 236 g/mol. The second-order valence-electron chi connectivity index (χ2n) is 4.17. The van der Waals surface area contributed by atoms with Crippen LogP contribution in [0.4, 0.5) is 0 Å². The third-order valence-corrected chi connectivity index (χ3v) is 4.09. The van der Waals surface area contributed by atoms with Crippen LogP contribution in [0.2, 0.25) is 0 Å². The van der Waals surface area contributed by atoms with Gasteiger partial charge in [-0.25, -0.2) is 13.1 Å². The summed E-state index contributed by atoms with van der Waals surface area (Å²) < 4.78 is 26.4. The highest BCUT2D eigenvalue weighted by Gasteiger charge is 2.13. The average molecular weight is 256 g/mol. The molecule has 1 rings (SSSR count). The predicted octanol–water partition coefficient (Wildman–Crippen LogP) is 1.40. The maximum atomic E-state index is 11.9. The van der Waals surface area contributed by atoms with Crippen LogP contribution in [0.25, 0.3) is 0 Å². The van der Waals surface area contributed by atoms with E-state index in [9.17, 15) is 8.42 Å². The molecule has 1 atom stereocenters. The largest absolute Gasteiger partial charge is 0.328 e. The number of nitrogens with one attached hydrogen (secondary N) is 1. The molecule has 3 N–H and O–H groups in total. The smallest absolute Gasteiger partial charge is 0.240 e. The van der Waals surface area contributed by atoms with Crippen molar-refractivity contribution in [3.63, 3.8) is 0 Å². The molecule has 0 radical (unpaired) electrons. The number of sulfonamides is 1. The Morgan fingerprint density at radius 1 is 1.41 bits per heavy atom. The van der Waals surface area contributed by atoms with E-state index in [4.69, 9.17) is 5.73 Å². The van der Waals surface area contributed by atoms with Crippen LogP contribution in [0.1, 0.15) is 25.3 Å². The second-order valence-corrected chi connectivity index (χ2v) is 5.94. The summed E-state index contributed by atoms with van der Waals surface area (Å²) in [6, 6.07) is 6.90. The molecule has 1 aromatic carbocycles. The monoisotopic (exact) mass is 256 g/mol. The van der Waals surface area contributed by atoms with Gasteiger partial charge >= 0.3 is 0 Å². The van der Waals surface area contributed by atoms with E-state index in [2.05, 4.69) is 4.72 Å². The fourth-order valence-electron chi connectivity index (χ4n) is 1.45. The Kier molecular flexibility index (Phi) is 5.11. The Morgan fingerprint density at radius 2 is 2.12 bits per heavy atom. The fourth-order valence-corrected chi connectivity index (χ4v) is 2.60. The molecule has 0 saturated heterocycles. The van der Waals surface area contributed by atoms with Crippen molar-refractivity contribution in [1.29, 1.82) is 0 Å². The van der Waals surface area contributed by atoms with E-state index in [1.165, 1.54) is 0 Å². The maximum absolute atomic E-state index is 11.9. The van der Waals surface area contributed by atoms with Crippen LogP contribution >= 0.6 is 0 Å². The van der Waals surface area contributed by atoms with Gasteiger partial charge in [0.2, 0.25) is 10.0 Å². The SMILES string of the molecule is CCC(N)CCNS(=O)(=O)c1cccc(C)c1. The lowest BCUT2D eigenvalue weighted by molar-refractivity contribution is 0.558. The van der Waals surface area contributed by atoms with Gasteiger partial charge in [-0.1, -0.05) is 19.1 Å². The molecule has 0 amide bonds. The third-order valence-electron chi connectivity index (χ3n) is 2.63. The summed E-state index contributed by atoms with van der Waals surface area (Å²) in [6.45, 7) is 4.23. The lowest BCUT2D eigenvalue weighted by Gasteiger charge is -2.10. The summed E-state index contributed by atoms with van der Waals surface area (Å²) in [5, 5.41) is 0. The standard InChI is InChI=1S/C12H20N2O2S/c1-3-11(13)7-8-14-17(15,16)12-6-4-5-10(2)9-12/h4-6,9,11,14H,3,7-8,13H2,1-2H3. The van der Waals surface area contributed by atoms with Crippen molar-refractivity contribution in [2.75, 3.05) is 6.54 Å². The van der Waals surface area contributed by atoms with Crippen LogP contribution in [-0.4, -0.2) is 21.0 Å². The molecule has 17 heavy (non-hydrogen) atoms. The minimum absolute atomic E-state index is 0.0511. The van der Waals surface area contributed by atoms with Crippen LogP contribution in [0.3, 0.4) is 0 Å². The zero-order valence-corrected chi connectivity index (χ0v) is 11.1. The van der Waals surface area contributed by atoms with Gasteiger partial charge in [-0.3, -0.25) is 0 Å². The minimum atomic E-state index is -3.39. The lowest BCUT2D eigenvalue weighted by atomic mass is 10.2. The molecule has 0 aliphatic rings. The first-order valence-electron chi connectivity index (χ1n) is 5.77. The minimum Gasteiger partial charge on any atom is -0.328 e. The zero-order valence-electron chi connectivity index (χ0n) is 10.3. The average Bonchev–Trinajstić information content (AvgIpc) is 2.28. The van der Waals surface area contributed by atoms with E-state index < -0.39 is 10.0 Å². The Labute approximate surface area is 103 Å². The molecule has 1 aromatic rings. The molecule has 0 aliphatic carbocycles. The molecule has 96 valence electrons. The number of hydrogen-bond donors (Lipinski definition) is 2. The van der Waals surface area contributed by atoms with Gasteiger partial charge in [-0.15, -0.1) is 0 Å². The molecule has 0 aromatic heterocycles. The molecule has 0 spiro atoms. The highest BCUT2D eigenvalue weighted by molar-refractivity contribution is 7.89. The third kappa shape index (κ3) is 4.46. The number of aryl methyl sites for hydroxylation is 1. The van der Waals surface area contributed by atoms with Gasteiger partial charge in [0.1, 0.15) is 0 Å². The van der Waals surface area contributed by atoms with E-state index in [1.807, 2.05) is 19.9 Å². The molecule has 0 heterocycles. The van der Waals surface area contributed by atoms with Crippen molar-refractivity contribution in [2.24, 2.45) is 5.73 Å². The molecule has 0 saturated carbocycles. The highest BCUT2D eigenvalue weighted by atomic mass is 32.2. The van der Waals surface area contributed by atoms with E-state index in [1.54, 1.807) is 18.2 Å². The van der Waals surface area contributed by atoms with Gasteiger partial charge in [0, 0.05) is 12.6 Å². The molecule has 5 heteroatoms. The van der Waals surface area contributed by atoms with Crippen LogP contribution in [0, 0.1) is 6.92 Å². The first-order chi connectivity index (χ1) is 7.95. The molecule has 0 bridgehead atoms. The van der Waals surface area contributed by atoms with E-state index in [0.29, 0.717) is 17.9 Å². The molecule has 4 nitrogen and oxygen atoms in total. The number of rotatable bonds is 6. The summed E-state index contributed by atoms with van der Waals surface area (Å²) in [7, 11) is -3.39. The van der Waals surface area contributed by atoms with Crippen LogP contribution in [0.5, 0.6) is 0 Å². The molecular formula is C12H20N2O2S. The first kappa shape index (κ1) is 14.2. The van der Waals surface area contributed by atoms with Crippen LogP contribution in [-0.2, 0) is 10.0 Å². The van der Waals surface area contributed by atoms with Gasteiger partial charge in [-0.2, -0.15) is 0 Å². The number of benzene rings is 1. The summed E-state index contributed by atoms with van der Waals surface area (Å²) in [4.78, 5) is 0.308. The maximum Gasteiger partial charge on any atom is 0.240 e.